The number of aliphatic hydroxyl groups is 1. The Bertz CT molecular complexity index is 1740. The SMILES string of the molecule is C[C@@H]1CC2C3C=C(F)C4=Cc5c(cnn5-c5ccccc5)C[C@]4(C)[C@@]3(F)C(O)C[C@]2(C)[C@@]1(OC(=O)c1ccco1)C(=O)OCF. The van der Waals surface area contributed by atoms with Gasteiger partial charge in [0, 0.05) is 22.7 Å². The molecule has 2 heterocycles. The zero-order valence-corrected chi connectivity index (χ0v) is 25.0. The molecule has 8 nitrogen and oxygen atoms in total. The van der Waals surface area contributed by atoms with E-state index in [1.807, 2.05) is 30.3 Å². The van der Waals surface area contributed by atoms with Gasteiger partial charge in [0.2, 0.25) is 18.2 Å². The predicted molar refractivity (Wildman–Crippen MR) is 155 cm³/mol. The number of hydrogen-bond acceptors (Lipinski definition) is 7. The van der Waals surface area contributed by atoms with Gasteiger partial charge in [0.05, 0.1) is 29.9 Å². The van der Waals surface area contributed by atoms with Gasteiger partial charge in [0.15, 0.2) is 5.67 Å². The van der Waals surface area contributed by atoms with Crippen molar-refractivity contribution in [2.45, 2.75) is 57.4 Å². The number of para-hydroxylation sites is 1. The van der Waals surface area contributed by atoms with Crippen LogP contribution in [0.15, 0.2) is 76.8 Å². The Balaban J connectivity index is 1.35. The molecule has 4 aliphatic carbocycles. The summed E-state index contributed by atoms with van der Waals surface area (Å²) >= 11 is 0. The second-order valence-electron chi connectivity index (χ2n) is 13.2. The lowest BCUT2D eigenvalue weighted by atomic mass is 9.45. The van der Waals surface area contributed by atoms with Gasteiger partial charge in [0.25, 0.3) is 0 Å². The van der Waals surface area contributed by atoms with E-state index in [0.717, 1.165) is 5.69 Å². The summed E-state index contributed by atoms with van der Waals surface area (Å²) in [7, 11) is 0. The Kier molecular flexibility index (Phi) is 6.53. The molecule has 0 aliphatic heterocycles. The number of aromatic nitrogens is 2. The largest absolute Gasteiger partial charge is 0.457 e. The van der Waals surface area contributed by atoms with Crippen molar-refractivity contribution in [2.75, 3.05) is 6.86 Å². The maximum absolute atomic E-state index is 18.1. The summed E-state index contributed by atoms with van der Waals surface area (Å²) in [5, 5.41) is 16.4. The van der Waals surface area contributed by atoms with E-state index in [-0.39, 0.29) is 30.6 Å². The number of fused-ring (bicyclic) bond motifs is 6. The van der Waals surface area contributed by atoms with Crippen LogP contribution in [-0.2, 0) is 20.7 Å². The monoisotopic (exact) mass is 622 g/mol. The molecule has 11 heteroatoms. The van der Waals surface area contributed by atoms with E-state index in [2.05, 4.69) is 5.10 Å². The number of nitrogens with zero attached hydrogens (tertiary/aromatic N) is 2. The molecule has 0 spiro atoms. The van der Waals surface area contributed by atoms with Crippen molar-refractivity contribution in [3.63, 3.8) is 0 Å². The van der Waals surface area contributed by atoms with Gasteiger partial charge < -0.3 is 19.0 Å². The van der Waals surface area contributed by atoms with Crippen LogP contribution in [0.2, 0.25) is 0 Å². The van der Waals surface area contributed by atoms with Gasteiger partial charge in [-0.3, -0.25) is 0 Å². The molecule has 3 unspecified atom stereocenters. The maximum atomic E-state index is 18.1. The van der Waals surface area contributed by atoms with Crippen molar-refractivity contribution in [3.05, 3.63) is 89.4 Å². The Morgan fingerprint density at radius 2 is 1.93 bits per heavy atom. The number of carbonyl (C=O) groups is 2. The number of ether oxygens (including phenoxy) is 2. The fourth-order valence-electron chi connectivity index (χ4n) is 9.12. The number of alkyl halides is 2. The first-order valence-corrected chi connectivity index (χ1v) is 15.0. The summed E-state index contributed by atoms with van der Waals surface area (Å²) in [5.74, 6) is -5.79. The molecule has 2 fully saturated rings. The fourth-order valence-corrected chi connectivity index (χ4v) is 9.12. The first-order chi connectivity index (χ1) is 21.4. The molecule has 0 radical (unpaired) electrons. The van der Waals surface area contributed by atoms with Gasteiger partial charge >= 0.3 is 11.9 Å². The minimum Gasteiger partial charge on any atom is -0.457 e. The van der Waals surface area contributed by atoms with Crippen molar-refractivity contribution < 1.29 is 41.8 Å². The van der Waals surface area contributed by atoms with Crippen LogP contribution in [0.4, 0.5) is 13.2 Å². The molecule has 3 aromatic rings. The number of rotatable bonds is 5. The Labute approximate surface area is 257 Å². The van der Waals surface area contributed by atoms with Crippen molar-refractivity contribution in [1.29, 1.82) is 0 Å². The number of benzene rings is 1. The molecular formula is C34H33F3N2O6. The number of halogens is 3. The minimum absolute atomic E-state index is 0.0633. The van der Waals surface area contributed by atoms with E-state index in [1.54, 1.807) is 37.7 Å². The zero-order valence-electron chi connectivity index (χ0n) is 25.0. The lowest BCUT2D eigenvalue weighted by Gasteiger charge is -2.61. The summed E-state index contributed by atoms with van der Waals surface area (Å²) in [6, 6.07) is 12.1. The molecule has 45 heavy (non-hydrogen) atoms. The third kappa shape index (κ3) is 3.73. The molecule has 7 rings (SSSR count). The van der Waals surface area contributed by atoms with Crippen LogP contribution < -0.4 is 0 Å². The second-order valence-corrected chi connectivity index (χ2v) is 13.2. The standard InChI is InChI=1S/C34H33F3N2O6/c1-19-12-22-23-13-25(36)24-14-26-20(17-38-39(26)21-8-5-4-6-9-21)15-31(24,2)33(23,37)28(40)16-32(22,3)34(19,30(42)44-18-35)45-29(41)27-10-7-11-43-27/h4-11,13-14,17,19,22-23,28,40H,12,15-16,18H2,1-3H3/t19-,22?,23?,28?,31+,32+,33+,34+/m1/s1. The summed E-state index contributed by atoms with van der Waals surface area (Å²) in [5.41, 5.74) is -5.26. The van der Waals surface area contributed by atoms with Crippen LogP contribution in [0.1, 0.15) is 55.4 Å². The summed E-state index contributed by atoms with van der Waals surface area (Å²) in [6.07, 6.45) is 3.82. The van der Waals surface area contributed by atoms with Gasteiger partial charge in [-0.2, -0.15) is 5.10 Å². The van der Waals surface area contributed by atoms with E-state index >= 15 is 8.78 Å². The maximum Gasteiger partial charge on any atom is 0.375 e. The quantitative estimate of drug-likeness (QED) is 0.343. The highest BCUT2D eigenvalue weighted by atomic mass is 19.1. The van der Waals surface area contributed by atoms with Crippen LogP contribution in [0.5, 0.6) is 0 Å². The van der Waals surface area contributed by atoms with Crippen molar-refractivity contribution >= 4 is 18.0 Å². The van der Waals surface area contributed by atoms with Crippen molar-refractivity contribution in [3.8, 4) is 5.69 Å². The highest BCUT2D eigenvalue weighted by Crippen LogP contribution is 2.71. The Hall–Kier alpha value is -4.12. The van der Waals surface area contributed by atoms with Gasteiger partial charge in [-0.15, -0.1) is 0 Å². The molecule has 236 valence electrons. The van der Waals surface area contributed by atoms with Crippen molar-refractivity contribution in [1.82, 2.24) is 9.78 Å². The molecule has 1 aromatic carbocycles. The van der Waals surface area contributed by atoms with Crippen molar-refractivity contribution in [2.24, 2.45) is 28.6 Å². The summed E-state index contributed by atoms with van der Waals surface area (Å²) < 4.78 is 65.6. The third-order valence-corrected chi connectivity index (χ3v) is 11.2. The molecule has 8 atom stereocenters. The molecule has 0 bridgehead atoms. The second kappa shape index (κ2) is 9.94. The van der Waals surface area contributed by atoms with Gasteiger partial charge in [-0.25, -0.2) is 27.4 Å². The summed E-state index contributed by atoms with van der Waals surface area (Å²) in [4.78, 5) is 26.9. The predicted octanol–water partition coefficient (Wildman–Crippen LogP) is 6.10. The van der Waals surface area contributed by atoms with E-state index in [0.29, 0.717) is 11.3 Å². The molecule has 0 saturated heterocycles. The molecule has 2 aromatic heterocycles. The number of allylic oxidation sites excluding steroid dienone is 3. The van der Waals surface area contributed by atoms with E-state index < -0.39 is 70.6 Å². The van der Waals surface area contributed by atoms with Gasteiger partial charge in [-0.05, 0) is 72.7 Å². The van der Waals surface area contributed by atoms with Crippen LogP contribution in [-0.4, -0.2) is 51.1 Å². The van der Waals surface area contributed by atoms with E-state index in [9.17, 15) is 19.1 Å². The van der Waals surface area contributed by atoms with Crippen LogP contribution in [0.3, 0.4) is 0 Å². The zero-order chi connectivity index (χ0) is 31.9. The molecule has 2 saturated carbocycles. The van der Waals surface area contributed by atoms with Crippen LogP contribution in [0, 0.1) is 28.6 Å². The highest BCUT2D eigenvalue weighted by Gasteiger charge is 2.78. The Morgan fingerprint density at radius 1 is 1.18 bits per heavy atom. The first-order valence-electron chi connectivity index (χ1n) is 15.0. The molecule has 0 amide bonds. The lowest BCUT2D eigenvalue weighted by molar-refractivity contribution is -0.223. The van der Waals surface area contributed by atoms with Gasteiger partial charge in [-0.1, -0.05) is 39.0 Å². The number of furan rings is 1. The average molecular weight is 623 g/mol. The third-order valence-electron chi connectivity index (χ3n) is 11.2. The molecule has 4 aliphatic rings. The summed E-state index contributed by atoms with van der Waals surface area (Å²) in [6.45, 7) is 3.37. The number of aliphatic hydroxyl groups excluding tert-OH is 1. The number of hydrogen-bond donors (Lipinski definition) is 1. The van der Waals surface area contributed by atoms with Crippen LogP contribution in [0.25, 0.3) is 11.8 Å². The smallest absolute Gasteiger partial charge is 0.375 e. The minimum atomic E-state index is -2.38. The van der Waals surface area contributed by atoms with E-state index in [4.69, 9.17) is 13.9 Å². The molecular weight excluding hydrogens is 589 g/mol. The molecule has 1 N–H and O–H groups in total. The lowest BCUT2D eigenvalue weighted by Crippen LogP contribution is -2.70. The highest BCUT2D eigenvalue weighted by molar-refractivity contribution is 5.91. The number of carbonyl (C=O) groups excluding carboxylic acids is 2. The topological polar surface area (TPSA) is 104 Å². The Morgan fingerprint density at radius 3 is 2.62 bits per heavy atom. The van der Waals surface area contributed by atoms with E-state index in [1.165, 1.54) is 24.5 Å². The van der Waals surface area contributed by atoms with Gasteiger partial charge in [0.1, 0.15) is 5.83 Å². The normalized spacial score (nSPS) is 36.5. The van der Waals surface area contributed by atoms with Crippen LogP contribution >= 0.6 is 0 Å². The average Bonchev–Trinajstić information content (AvgIpc) is 3.74. The number of esters is 2. The first kappa shape index (κ1) is 29.6. The fraction of sp³-hybridized carbons (Fsp3) is 0.441.